The molecule has 1 atom stereocenters. The first-order chi connectivity index (χ1) is 12.3. The average molecular weight is 353 g/mol. The van der Waals surface area contributed by atoms with Gasteiger partial charge in [0.1, 0.15) is 11.5 Å². The van der Waals surface area contributed by atoms with Crippen molar-refractivity contribution in [3.05, 3.63) is 65.1 Å². The summed E-state index contributed by atoms with van der Waals surface area (Å²) in [7, 11) is 0. The lowest BCUT2D eigenvalue weighted by Crippen LogP contribution is -2.29. The quantitative estimate of drug-likeness (QED) is 0.852. The summed E-state index contributed by atoms with van der Waals surface area (Å²) in [6.07, 6.45) is 16.1. The van der Waals surface area contributed by atoms with Gasteiger partial charge in [0.25, 0.3) is 0 Å². The summed E-state index contributed by atoms with van der Waals surface area (Å²) in [6.45, 7) is 0.910. The minimum Gasteiger partial charge on any atom is -0.373 e. The zero-order valence-electron chi connectivity index (χ0n) is 14.0. The maximum Gasteiger partial charge on any atom is 0.137 e. The number of hydrogen-bond acceptors (Lipinski definition) is 3. The summed E-state index contributed by atoms with van der Waals surface area (Å²) in [6, 6.07) is 4.10. The second kappa shape index (κ2) is 7.28. The molecule has 0 amide bonds. The maximum absolute atomic E-state index is 5.96. The molecule has 1 unspecified atom stereocenters. The van der Waals surface area contributed by atoms with Gasteiger partial charge in [0.15, 0.2) is 0 Å². The highest BCUT2D eigenvalue weighted by Crippen LogP contribution is 2.23. The fourth-order valence-corrected chi connectivity index (χ4v) is 3.45. The van der Waals surface area contributed by atoms with Gasteiger partial charge in [-0.05, 0) is 54.5 Å². The van der Waals surface area contributed by atoms with Crippen molar-refractivity contribution in [2.75, 3.05) is 6.54 Å². The number of fused-ring (bicyclic) bond motifs is 1. The van der Waals surface area contributed by atoms with E-state index in [1.165, 1.54) is 16.5 Å². The molecule has 0 fully saturated rings. The molecule has 0 spiro atoms. The van der Waals surface area contributed by atoms with Crippen LogP contribution in [0.1, 0.15) is 24.8 Å². The minimum absolute atomic E-state index is 0.495. The predicted octanol–water partition coefficient (Wildman–Crippen LogP) is 4.47. The van der Waals surface area contributed by atoms with Crippen molar-refractivity contribution in [2.45, 2.75) is 25.7 Å². The molecule has 1 aliphatic heterocycles. The Morgan fingerprint density at radius 2 is 2.28 bits per heavy atom. The summed E-state index contributed by atoms with van der Waals surface area (Å²) in [5.74, 6) is 1.58. The van der Waals surface area contributed by atoms with E-state index in [0.717, 1.165) is 48.7 Å². The van der Waals surface area contributed by atoms with Crippen LogP contribution in [0.25, 0.3) is 11.0 Å². The summed E-state index contributed by atoms with van der Waals surface area (Å²) in [5.41, 5.74) is 3.61. The van der Waals surface area contributed by atoms with Crippen LogP contribution in [0.2, 0.25) is 0 Å². The van der Waals surface area contributed by atoms with Gasteiger partial charge < -0.3 is 10.3 Å². The summed E-state index contributed by atoms with van der Waals surface area (Å²) in [4.78, 5) is 12.2. The number of allylic oxidation sites excluding steroid dienone is 4. The highest BCUT2D eigenvalue weighted by atomic mass is 35.5. The predicted molar refractivity (Wildman–Crippen MR) is 104 cm³/mol. The van der Waals surface area contributed by atoms with Crippen LogP contribution in [0, 0.1) is 5.92 Å². The van der Waals surface area contributed by atoms with Gasteiger partial charge in [-0.25, -0.2) is 9.98 Å². The normalized spacial score (nSPS) is 20.2. The maximum atomic E-state index is 5.96. The van der Waals surface area contributed by atoms with E-state index in [4.69, 9.17) is 11.6 Å². The molecule has 4 nitrogen and oxygen atoms in total. The number of amidine groups is 1. The second-order valence-electron chi connectivity index (χ2n) is 6.58. The van der Waals surface area contributed by atoms with Crippen LogP contribution in [-0.4, -0.2) is 22.3 Å². The van der Waals surface area contributed by atoms with Gasteiger partial charge in [-0.2, -0.15) is 0 Å². The molecule has 0 radical (unpaired) electrons. The van der Waals surface area contributed by atoms with Crippen LogP contribution in [0.15, 0.2) is 64.6 Å². The summed E-state index contributed by atoms with van der Waals surface area (Å²) in [5, 5.41) is 5.52. The molecule has 128 valence electrons. The number of nitrogens with zero attached hydrogens (tertiary/aromatic N) is 2. The van der Waals surface area contributed by atoms with Gasteiger partial charge in [-0.3, -0.25) is 0 Å². The third-order valence-corrected chi connectivity index (χ3v) is 5.03. The lowest BCUT2D eigenvalue weighted by Gasteiger charge is -2.19. The topological polar surface area (TPSA) is 53.1 Å². The van der Waals surface area contributed by atoms with Crippen molar-refractivity contribution in [1.82, 2.24) is 15.3 Å². The highest BCUT2D eigenvalue weighted by Gasteiger charge is 2.13. The molecule has 0 saturated carbocycles. The Labute approximate surface area is 152 Å². The largest absolute Gasteiger partial charge is 0.373 e. The van der Waals surface area contributed by atoms with Crippen molar-refractivity contribution in [3.63, 3.8) is 0 Å². The Morgan fingerprint density at radius 1 is 1.32 bits per heavy atom. The highest BCUT2D eigenvalue weighted by molar-refractivity contribution is 6.31. The van der Waals surface area contributed by atoms with Gasteiger partial charge in [0, 0.05) is 42.0 Å². The fraction of sp³-hybridized carbons (Fsp3) is 0.300. The zero-order valence-corrected chi connectivity index (χ0v) is 14.8. The van der Waals surface area contributed by atoms with Crippen LogP contribution < -0.4 is 5.32 Å². The van der Waals surface area contributed by atoms with Gasteiger partial charge in [-0.1, -0.05) is 23.8 Å². The number of aromatic nitrogens is 2. The Bertz CT molecular complexity index is 888. The molecule has 2 N–H and O–H groups in total. The molecule has 2 aromatic rings. The lowest BCUT2D eigenvalue weighted by atomic mass is 9.99. The van der Waals surface area contributed by atoms with E-state index in [0.29, 0.717) is 5.92 Å². The number of pyridine rings is 1. The van der Waals surface area contributed by atoms with E-state index < -0.39 is 0 Å². The smallest absolute Gasteiger partial charge is 0.137 e. The van der Waals surface area contributed by atoms with E-state index in [1.54, 1.807) is 0 Å². The molecule has 0 aromatic carbocycles. The number of aliphatic imine (C=N–C) groups is 1. The summed E-state index contributed by atoms with van der Waals surface area (Å²) >= 11 is 5.96. The van der Waals surface area contributed by atoms with Gasteiger partial charge in [0.05, 0.1) is 0 Å². The molecule has 0 bridgehead atoms. The summed E-state index contributed by atoms with van der Waals surface area (Å²) < 4.78 is 0. The number of halogens is 1. The van der Waals surface area contributed by atoms with Crippen LogP contribution in [0.4, 0.5) is 0 Å². The van der Waals surface area contributed by atoms with Crippen molar-refractivity contribution in [3.8, 4) is 0 Å². The van der Waals surface area contributed by atoms with Crippen LogP contribution >= 0.6 is 11.6 Å². The Balaban J connectivity index is 1.35. The van der Waals surface area contributed by atoms with E-state index >= 15 is 0 Å². The van der Waals surface area contributed by atoms with Crippen molar-refractivity contribution in [2.24, 2.45) is 10.9 Å². The average Bonchev–Trinajstić information content (AvgIpc) is 3.06. The standard InChI is InChI=1S/C20H21ClN4/c21-17-6-3-14(4-7-17)11-23-19-8-5-15(12-24-19)10-16-13-25-20-18(16)2-1-9-22-20/h1-3,6-7,9,12-14H,4-5,8,10-11H2,(H,22,25)(H,23,24). The van der Waals surface area contributed by atoms with Crippen molar-refractivity contribution in [1.29, 1.82) is 0 Å². The molecule has 5 heteroatoms. The van der Waals surface area contributed by atoms with E-state index in [-0.39, 0.29) is 0 Å². The number of aromatic amines is 1. The van der Waals surface area contributed by atoms with Crippen LogP contribution in [0.5, 0.6) is 0 Å². The Morgan fingerprint density at radius 3 is 3.08 bits per heavy atom. The first kappa shape index (κ1) is 16.2. The molecule has 4 rings (SSSR count). The Hall–Kier alpha value is -2.33. The van der Waals surface area contributed by atoms with Gasteiger partial charge >= 0.3 is 0 Å². The number of nitrogens with one attached hydrogen (secondary N) is 2. The number of H-pyrrole nitrogens is 1. The Kier molecular flexibility index (Phi) is 4.70. The molecule has 1 aliphatic carbocycles. The first-order valence-corrected chi connectivity index (χ1v) is 9.09. The zero-order chi connectivity index (χ0) is 17.1. The third kappa shape index (κ3) is 3.85. The number of hydrogen-bond donors (Lipinski definition) is 2. The third-order valence-electron chi connectivity index (χ3n) is 4.75. The van der Waals surface area contributed by atoms with Crippen molar-refractivity contribution < 1.29 is 0 Å². The van der Waals surface area contributed by atoms with Gasteiger partial charge in [0.2, 0.25) is 0 Å². The SMILES string of the molecule is ClC1=CCC(CNC2=NC=C(Cc3c[nH]c4ncccc34)CC2)C=C1. The monoisotopic (exact) mass is 352 g/mol. The molecular formula is C20H21ClN4. The number of rotatable bonds is 4. The minimum atomic E-state index is 0.495. The molecule has 2 aromatic heterocycles. The first-order valence-electron chi connectivity index (χ1n) is 8.71. The molecular weight excluding hydrogens is 332 g/mol. The molecule has 0 saturated heterocycles. The van der Waals surface area contributed by atoms with Gasteiger partial charge in [-0.15, -0.1) is 0 Å². The fourth-order valence-electron chi connectivity index (χ4n) is 3.29. The lowest BCUT2D eigenvalue weighted by molar-refractivity contribution is 0.624. The van der Waals surface area contributed by atoms with E-state index in [1.807, 2.05) is 24.5 Å². The molecule has 25 heavy (non-hydrogen) atoms. The van der Waals surface area contributed by atoms with Crippen LogP contribution in [0.3, 0.4) is 0 Å². The second-order valence-corrected chi connectivity index (χ2v) is 7.01. The van der Waals surface area contributed by atoms with Crippen molar-refractivity contribution >= 4 is 28.5 Å². The van der Waals surface area contributed by atoms with E-state index in [9.17, 15) is 0 Å². The molecule has 2 aliphatic rings. The molecule has 3 heterocycles. The van der Waals surface area contributed by atoms with E-state index in [2.05, 4.69) is 44.7 Å². The van der Waals surface area contributed by atoms with Crippen LogP contribution in [-0.2, 0) is 6.42 Å².